The molecule has 3 aromatic rings. The van der Waals surface area contributed by atoms with E-state index in [-0.39, 0.29) is 30.2 Å². The standard InChI is InChI=1S/C22H20N2O5/c1-15-7-12-19(22(26)23-18-10-8-16(13-25)9-11-18)20(24(27)28)21(15)29-14-17-5-3-2-4-6-17/h2-12,25H,13-14H2,1H3,(H,23,26). The molecule has 2 N–H and O–H groups in total. The maximum Gasteiger partial charge on any atom is 0.323 e. The van der Waals surface area contributed by atoms with E-state index < -0.39 is 10.8 Å². The van der Waals surface area contributed by atoms with Crippen molar-refractivity contribution < 1.29 is 19.6 Å². The molecule has 29 heavy (non-hydrogen) atoms. The van der Waals surface area contributed by atoms with E-state index in [1.165, 1.54) is 6.07 Å². The summed E-state index contributed by atoms with van der Waals surface area (Å²) in [7, 11) is 0. The Morgan fingerprint density at radius 2 is 1.72 bits per heavy atom. The Kier molecular flexibility index (Phi) is 6.21. The van der Waals surface area contributed by atoms with Gasteiger partial charge in [0, 0.05) is 5.69 Å². The number of hydrogen-bond donors (Lipinski definition) is 2. The van der Waals surface area contributed by atoms with Crippen molar-refractivity contribution >= 4 is 17.3 Å². The quantitative estimate of drug-likeness (QED) is 0.463. The van der Waals surface area contributed by atoms with Crippen LogP contribution in [-0.2, 0) is 13.2 Å². The van der Waals surface area contributed by atoms with Crippen LogP contribution in [0.1, 0.15) is 27.0 Å². The minimum absolute atomic E-state index is 0.0714. The molecule has 148 valence electrons. The largest absolute Gasteiger partial charge is 0.482 e. The Morgan fingerprint density at radius 1 is 1.03 bits per heavy atom. The van der Waals surface area contributed by atoms with Gasteiger partial charge in [-0.25, -0.2) is 0 Å². The SMILES string of the molecule is Cc1ccc(C(=O)Nc2ccc(CO)cc2)c([N+](=O)[O-])c1OCc1ccccc1. The zero-order valence-corrected chi connectivity index (χ0v) is 15.8. The second-order valence-corrected chi connectivity index (χ2v) is 6.45. The first kappa shape index (κ1) is 20.0. The Labute approximate surface area is 167 Å². The monoisotopic (exact) mass is 392 g/mol. The molecule has 0 bridgehead atoms. The van der Waals surface area contributed by atoms with Gasteiger partial charge in [-0.1, -0.05) is 48.5 Å². The highest BCUT2D eigenvalue weighted by molar-refractivity contribution is 6.07. The summed E-state index contributed by atoms with van der Waals surface area (Å²) < 4.78 is 5.74. The van der Waals surface area contributed by atoms with Crippen molar-refractivity contribution in [2.75, 3.05) is 5.32 Å². The van der Waals surface area contributed by atoms with Crippen LogP contribution in [0.4, 0.5) is 11.4 Å². The van der Waals surface area contributed by atoms with Gasteiger partial charge in [0.05, 0.1) is 11.5 Å². The maximum absolute atomic E-state index is 12.7. The van der Waals surface area contributed by atoms with Gasteiger partial charge in [-0.05, 0) is 41.8 Å². The molecule has 3 aromatic carbocycles. The van der Waals surface area contributed by atoms with Crippen LogP contribution >= 0.6 is 0 Å². The molecule has 0 aromatic heterocycles. The third-order valence-corrected chi connectivity index (χ3v) is 4.38. The number of aliphatic hydroxyl groups excluding tert-OH is 1. The highest BCUT2D eigenvalue weighted by Crippen LogP contribution is 2.35. The van der Waals surface area contributed by atoms with Gasteiger partial charge in [-0.15, -0.1) is 0 Å². The van der Waals surface area contributed by atoms with Crippen molar-refractivity contribution in [3.63, 3.8) is 0 Å². The van der Waals surface area contributed by atoms with E-state index in [1.807, 2.05) is 30.3 Å². The minimum Gasteiger partial charge on any atom is -0.482 e. The van der Waals surface area contributed by atoms with Crippen LogP contribution in [0, 0.1) is 17.0 Å². The Balaban J connectivity index is 1.89. The highest BCUT2D eigenvalue weighted by Gasteiger charge is 2.27. The number of carbonyl (C=O) groups is 1. The highest BCUT2D eigenvalue weighted by atomic mass is 16.6. The van der Waals surface area contributed by atoms with Gasteiger partial charge in [0.15, 0.2) is 0 Å². The first-order chi connectivity index (χ1) is 14.0. The predicted octanol–water partition coefficient (Wildman–Crippen LogP) is 4.23. The van der Waals surface area contributed by atoms with Crippen LogP contribution in [0.15, 0.2) is 66.7 Å². The Bertz CT molecular complexity index is 1020. The first-order valence-corrected chi connectivity index (χ1v) is 8.95. The van der Waals surface area contributed by atoms with Gasteiger partial charge in [0.2, 0.25) is 5.75 Å². The van der Waals surface area contributed by atoms with Crippen LogP contribution in [-0.4, -0.2) is 15.9 Å². The predicted molar refractivity (Wildman–Crippen MR) is 109 cm³/mol. The summed E-state index contributed by atoms with van der Waals surface area (Å²) in [5.74, 6) is -0.542. The lowest BCUT2D eigenvalue weighted by molar-refractivity contribution is -0.386. The molecule has 7 heteroatoms. The number of ether oxygens (including phenoxy) is 1. The molecule has 0 unspecified atom stereocenters. The molecule has 0 heterocycles. The van der Waals surface area contributed by atoms with E-state index in [0.717, 1.165) is 5.56 Å². The van der Waals surface area contributed by atoms with E-state index >= 15 is 0 Å². The van der Waals surface area contributed by atoms with E-state index in [9.17, 15) is 14.9 Å². The van der Waals surface area contributed by atoms with Crippen molar-refractivity contribution in [3.05, 3.63) is 99.1 Å². The molecule has 0 saturated carbocycles. The maximum atomic E-state index is 12.7. The average molecular weight is 392 g/mol. The number of nitro groups is 1. The van der Waals surface area contributed by atoms with Crippen molar-refractivity contribution in [1.29, 1.82) is 0 Å². The van der Waals surface area contributed by atoms with Crippen molar-refractivity contribution in [2.24, 2.45) is 0 Å². The van der Waals surface area contributed by atoms with Gasteiger partial charge in [-0.3, -0.25) is 14.9 Å². The third-order valence-electron chi connectivity index (χ3n) is 4.38. The molecule has 7 nitrogen and oxygen atoms in total. The molecular weight excluding hydrogens is 372 g/mol. The summed E-state index contributed by atoms with van der Waals surface area (Å²) >= 11 is 0. The van der Waals surface area contributed by atoms with E-state index in [1.54, 1.807) is 37.3 Å². The number of nitrogens with one attached hydrogen (secondary N) is 1. The zero-order chi connectivity index (χ0) is 20.8. The van der Waals surface area contributed by atoms with E-state index in [2.05, 4.69) is 5.32 Å². The lowest BCUT2D eigenvalue weighted by atomic mass is 10.1. The molecule has 0 aliphatic rings. The Morgan fingerprint density at radius 3 is 2.34 bits per heavy atom. The average Bonchev–Trinajstić information content (AvgIpc) is 2.73. The number of nitro benzene ring substituents is 1. The van der Waals surface area contributed by atoms with Crippen LogP contribution in [0.3, 0.4) is 0 Å². The van der Waals surface area contributed by atoms with Gasteiger partial charge in [0.25, 0.3) is 5.91 Å². The van der Waals surface area contributed by atoms with Crippen LogP contribution < -0.4 is 10.1 Å². The van der Waals surface area contributed by atoms with Crippen LogP contribution in [0.2, 0.25) is 0 Å². The molecule has 0 spiro atoms. The number of hydrogen-bond acceptors (Lipinski definition) is 5. The van der Waals surface area contributed by atoms with Gasteiger partial charge >= 0.3 is 5.69 Å². The summed E-state index contributed by atoms with van der Waals surface area (Å²) in [5, 5.41) is 23.5. The Hall–Kier alpha value is -3.71. The van der Waals surface area contributed by atoms with Crippen LogP contribution in [0.5, 0.6) is 5.75 Å². The van der Waals surface area contributed by atoms with Gasteiger partial charge in [0.1, 0.15) is 12.2 Å². The number of aryl methyl sites for hydroxylation is 1. The summed E-state index contributed by atoms with van der Waals surface area (Å²) in [6, 6.07) is 18.9. The summed E-state index contributed by atoms with van der Waals surface area (Å²) in [6.07, 6.45) is 0. The fourth-order valence-electron chi connectivity index (χ4n) is 2.84. The fourth-order valence-corrected chi connectivity index (χ4v) is 2.84. The molecule has 0 aliphatic heterocycles. The summed E-state index contributed by atoms with van der Waals surface area (Å²) in [5.41, 5.74) is 2.13. The molecule has 1 amide bonds. The number of aliphatic hydroxyl groups is 1. The summed E-state index contributed by atoms with van der Waals surface area (Å²) in [6.45, 7) is 1.73. The van der Waals surface area contributed by atoms with Crippen LogP contribution in [0.25, 0.3) is 0 Å². The number of amides is 1. The second-order valence-electron chi connectivity index (χ2n) is 6.45. The molecular formula is C22H20N2O5. The number of benzene rings is 3. The van der Waals surface area contributed by atoms with Gasteiger partial charge < -0.3 is 15.2 Å². The number of nitrogens with zero attached hydrogens (tertiary/aromatic N) is 1. The van der Waals surface area contributed by atoms with Crippen molar-refractivity contribution in [3.8, 4) is 5.75 Å². The molecule has 3 rings (SSSR count). The number of anilines is 1. The lowest BCUT2D eigenvalue weighted by Gasteiger charge is -2.13. The van der Waals surface area contributed by atoms with E-state index in [0.29, 0.717) is 16.8 Å². The summed E-state index contributed by atoms with van der Waals surface area (Å²) in [4.78, 5) is 23.9. The van der Waals surface area contributed by atoms with E-state index in [4.69, 9.17) is 9.84 Å². The zero-order valence-electron chi connectivity index (χ0n) is 15.8. The molecule has 0 atom stereocenters. The van der Waals surface area contributed by atoms with Crippen molar-refractivity contribution in [2.45, 2.75) is 20.1 Å². The molecule has 0 fully saturated rings. The molecule has 0 radical (unpaired) electrons. The second kappa shape index (κ2) is 8.99. The first-order valence-electron chi connectivity index (χ1n) is 8.95. The third kappa shape index (κ3) is 4.77. The lowest BCUT2D eigenvalue weighted by Crippen LogP contribution is -2.15. The normalized spacial score (nSPS) is 10.4. The van der Waals surface area contributed by atoms with Gasteiger partial charge in [-0.2, -0.15) is 0 Å². The topological polar surface area (TPSA) is 102 Å². The smallest absolute Gasteiger partial charge is 0.323 e. The van der Waals surface area contributed by atoms with Crippen molar-refractivity contribution in [1.82, 2.24) is 0 Å². The molecule has 0 saturated heterocycles. The molecule has 0 aliphatic carbocycles. The minimum atomic E-state index is -0.613. The number of rotatable bonds is 7. The fraction of sp³-hybridized carbons (Fsp3) is 0.136. The number of carbonyl (C=O) groups excluding carboxylic acids is 1.